The number of para-hydroxylation sites is 1. The summed E-state index contributed by atoms with van der Waals surface area (Å²) in [7, 11) is 0. The van der Waals surface area contributed by atoms with E-state index in [1.54, 1.807) is 35.8 Å². The van der Waals surface area contributed by atoms with Gasteiger partial charge in [-0.15, -0.1) is 0 Å². The molecule has 0 fully saturated rings. The number of fused-ring (bicyclic) bond motifs is 2. The van der Waals surface area contributed by atoms with Crippen molar-refractivity contribution in [3.63, 3.8) is 0 Å². The summed E-state index contributed by atoms with van der Waals surface area (Å²) < 4.78 is 21.1. The summed E-state index contributed by atoms with van der Waals surface area (Å²) in [6.07, 6.45) is 1.73. The van der Waals surface area contributed by atoms with E-state index < -0.39 is 0 Å². The third-order valence-corrected chi connectivity index (χ3v) is 5.86. The molecule has 0 unspecified atom stereocenters. The molecule has 0 atom stereocenters. The lowest BCUT2D eigenvalue weighted by Crippen LogP contribution is -2.01. The number of hydrogen-bond acceptors (Lipinski definition) is 5. The van der Waals surface area contributed by atoms with Gasteiger partial charge in [0.2, 0.25) is 5.13 Å². The fourth-order valence-corrected chi connectivity index (χ4v) is 4.19. The fourth-order valence-electron chi connectivity index (χ4n) is 3.38. The molecule has 0 aliphatic rings. The Balaban J connectivity index is 1.44. The number of ether oxygens (including phenoxy) is 1. The van der Waals surface area contributed by atoms with E-state index in [0.717, 1.165) is 26.6 Å². The molecule has 152 valence electrons. The standard InChI is InChI=1S/C25H18FN3OS/c26-21-10-4-2-8-18(21)16-30-23-14-13-17-7-1-3-9-19(17)20(23)15-27-29-25-28-22-11-5-6-12-24(22)31-25/h1-15H,16H2,(H,28,29)/b27-15+. The number of halogens is 1. The van der Waals surface area contributed by atoms with E-state index in [9.17, 15) is 4.39 Å². The van der Waals surface area contributed by atoms with Gasteiger partial charge in [0, 0.05) is 11.1 Å². The fraction of sp³-hybridized carbons (Fsp3) is 0.0400. The first-order chi connectivity index (χ1) is 15.3. The number of rotatable bonds is 6. The van der Waals surface area contributed by atoms with Crippen molar-refractivity contribution in [2.45, 2.75) is 6.61 Å². The predicted molar refractivity (Wildman–Crippen MR) is 126 cm³/mol. The van der Waals surface area contributed by atoms with Crippen molar-refractivity contribution in [2.75, 3.05) is 5.43 Å². The van der Waals surface area contributed by atoms with E-state index in [1.165, 1.54) is 6.07 Å². The monoisotopic (exact) mass is 427 g/mol. The van der Waals surface area contributed by atoms with Crippen LogP contribution in [-0.4, -0.2) is 11.2 Å². The Morgan fingerprint density at radius 2 is 1.74 bits per heavy atom. The summed E-state index contributed by atoms with van der Waals surface area (Å²) in [5.74, 6) is 0.354. The molecule has 4 nitrogen and oxygen atoms in total. The number of anilines is 1. The maximum atomic E-state index is 14.0. The van der Waals surface area contributed by atoms with Gasteiger partial charge in [0.1, 0.15) is 18.2 Å². The van der Waals surface area contributed by atoms with Crippen molar-refractivity contribution < 1.29 is 9.13 Å². The third kappa shape index (κ3) is 4.11. The largest absolute Gasteiger partial charge is 0.488 e. The van der Waals surface area contributed by atoms with Crippen molar-refractivity contribution in [3.8, 4) is 5.75 Å². The Labute approximate surface area is 182 Å². The average molecular weight is 428 g/mol. The number of thiazole rings is 1. The van der Waals surface area contributed by atoms with Crippen LogP contribution in [0.25, 0.3) is 21.0 Å². The summed E-state index contributed by atoms with van der Waals surface area (Å²) in [6, 6.07) is 26.5. The van der Waals surface area contributed by atoms with Gasteiger partial charge in [0.05, 0.1) is 16.4 Å². The number of aromatic nitrogens is 1. The van der Waals surface area contributed by atoms with E-state index in [-0.39, 0.29) is 12.4 Å². The first kappa shape index (κ1) is 19.2. The Morgan fingerprint density at radius 3 is 2.65 bits per heavy atom. The Kier molecular flexibility index (Phi) is 5.29. The van der Waals surface area contributed by atoms with Crippen molar-refractivity contribution >= 4 is 43.7 Å². The molecule has 5 aromatic rings. The Morgan fingerprint density at radius 1 is 0.935 bits per heavy atom. The summed E-state index contributed by atoms with van der Waals surface area (Å²) in [4.78, 5) is 4.54. The van der Waals surface area contributed by atoms with Crippen LogP contribution in [-0.2, 0) is 6.61 Å². The zero-order valence-electron chi connectivity index (χ0n) is 16.5. The molecule has 1 aromatic heterocycles. The maximum Gasteiger partial charge on any atom is 0.204 e. The third-order valence-electron chi connectivity index (χ3n) is 4.92. The molecule has 0 amide bonds. The second-order valence-corrected chi connectivity index (χ2v) is 7.97. The molecule has 4 aromatic carbocycles. The molecule has 0 saturated heterocycles. The molecule has 1 N–H and O–H groups in total. The smallest absolute Gasteiger partial charge is 0.204 e. The van der Waals surface area contributed by atoms with Gasteiger partial charge in [-0.25, -0.2) is 9.37 Å². The number of hydrazone groups is 1. The van der Waals surface area contributed by atoms with Crippen LogP contribution in [0.4, 0.5) is 9.52 Å². The molecule has 0 spiro atoms. The molecule has 0 aliphatic heterocycles. The quantitative estimate of drug-likeness (QED) is 0.245. The number of nitrogens with one attached hydrogen (secondary N) is 1. The minimum Gasteiger partial charge on any atom is -0.488 e. The highest BCUT2D eigenvalue weighted by molar-refractivity contribution is 7.22. The minimum atomic E-state index is -0.281. The molecule has 31 heavy (non-hydrogen) atoms. The average Bonchev–Trinajstić information content (AvgIpc) is 3.22. The number of benzene rings is 4. The second-order valence-electron chi connectivity index (χ2n) is 6.94. The van der Waals surface area contributed by atoms with E-state index in [4.69, 9.17) is 4.74 Å². The molecule has 0 aliphatic carbocycles. The highest BCUT2D eigenvalue weighted by Crippen LogP contribution is 2.28. The van der Waals surface area contributed by atoms with Crippen molar-refractivity contribution in [1.82, 2.24) is 4.98 Å². The van der Waals surface area contributed by atoms with Gasteiger partial charge in [-0.1, -0.05) is 72.0 Å². The van der Waals surface area contributed by atoms with Gasteiger partial charge in [-0.05, 0) is 35.0 Å². The van der Waals surface area contributed by atoms with Crippen LogP contribution >= 0.6 is 11.3 Å². The summed E-state index contributed by atoms with van der Waals surface area (Å²) in [5.41, 5.74) is 5.28. The van der Waals surface area contributed by atoms with Gasteiger partial charge >= 0.3 is 0 Å². The zero-order chi connectivity index (χ0) is 21.0. The van der Waals surface area contributed by atoms with Gasteiger partial charge in [0.15, 0.2) is 0 Å². The van der Waals surface area contributed by atoms with Gasteiger partial charge < -0.3 is 4.74 Å². The van der Waals surface area contributed by atoms with Gasteiger partial charge in [-0.2, -0.15) is 5.10 Å². The van der Waals surface area contributed by atoms with Crippen LogP contribution in [0.15, 0.2) is 90.0 Å². The van der Waals surface area contributed by atoms with Crippen LogP contribution < -0.4 is 10.2 Å². The molecule has 1 heterocycles. The van der Waals surface area contributed by atoms with Crippen molar-refractivity contribution in [3.05, 3.63) is 102 Å². The lowest BCUT2D eigenvalue weighted by Gasteiger charge is -2.12. The molecule has 0 saturated carbocycles. The Bertz CT molecular complexity index is 1360. The highest BCUT2D eigenvalue weighted by Gasteiger charge is 2.09. The van der Waals surface area contributed by atoms with E-state index in [0.29, 0.717) is 16.4 Å². The molecule has 0 radical (unpaired) electrons. The van der Waals surface area contributed by atoms with Crippen LogP contribution in [0, 0.1) is 5.82 Å². The topological polar surface area (TPSA) is 46.5 Å². The van der Waals surface area contributed by atoms with Crippen LogP contribution in [0.1, 0.15) is 11.1 Å². The second kappa shape index (κ2) is 8.53. The van der Waals surface area contributed by atoms with Gasteiger partial charge in [0.25, 0.3) is 0 Å². The lowest BCUT2D eigenvalue weighted by atomic mass is 10.0. The molecule has 5 rings (SSSR count). The van der Waals surface area contributed by atoms with E-state index in [2.05, 4.69) is 15.5 Å². The van der Waals surface area contributed by atoms with Crippen LogP contribution in [0.3, 0.4) is 0 Å². The predicted octanol–water partition coefficient (Wildman–Crippen LogP) is 6.61. The SMILES string of the molecule is Fc1ccccc1COc1ccc2ccccc2c1/C=N/Nc1nc2ccccc2s1. The highest BCUT2D eigenvalue weighted by atomic mass is 32.1. The maximum absolute atomic E-state index is 14.0. The first-order valence-electron chi connectivity index (χ1n) is 9.80. The summed E-state index contributed by atoms with van der Waals surface area (Å²) in [5, 5.41) is 7.20. The van der Waals surface area contributed by atoms with E-state index in [1.807, 2.05) is 60.7 Å². The van der Waals surface area contributed by atoms with Crippen LogP contribution in [0.2, 0.25) is 0 Å². The normalized spacial score (nSPS) is 11.4. The number of nitrogens with zero attached hydrogens (tertiary/aromatic N) is 2. The molecule has 6 heteroatoms. The summed E-state index contributed by atoms with van der Waals surface area (Å²) in [6.45, 7) is 0.136. The minimum absolute atomic E-state index is 0.136. The Hall–Kier alpha value is -3.77. The first-order valence-corrected chi connectivity index (χ1v) is 10.6. The van der Waals surface area contributed by atoms with E-state index >= 15 is 0 Å². The van der Waals surface area contributed by atoms with Crippen molar-refractivity contribution in [1.29, 1.82) is 0 Å². The van der Waals surface area contributed by atoms with Crippen molar-refractivity contribution in [2.24, 2.45) is 5.10 Å². The molecular formula is C25H18FN3OS. The summed E-state index contributed by atoms with van der Waals surface area (Å²) >= 11 is 1.54. The molecular weight excluding hydrogens is 409 g/mol. The molecule has 0 bridgehead atoms. The van der Waals surface area contributed by atoms with Crippen LogP contribution in [0.5, 0.6) is 5.75 Å². The zero-order valence-corrected chi connectivity index (χ0v) is 17.3. The lowest BCUT2D eigenvalue weighted by molar-refractivity contribution is 0.300. The number of hydrogen-bond donors (Lipinski definition) is 1. The van der Waals surface area contributed by atoms with Gasteiger partial charge in [-0.3, -0.25) is 5.43 Å².